The van der Waals surface area contributed by atoms with E-state index in [1.54, 1.807) is 0 Å². The first kappa shape index (κ1) is 16.0. The van der Waals surface area contributed by atoms with Gasteiger partial charge in [-0.1, -0.05) is 41.9 Å². The number of aromatic nitrogens is 2. The second-order valence-corrected chi connectivity index (χ2v) is 6.70. The lowest BCUT2D eigenvalue weighted by atomic mass is 10.2. The van der Waals surface area contributed by atoms with E-state index in [9.17, 15) is 8.42 Å². The summed E-state index contributed by atoms with van der Waals surface area (Å²) in [6.45, 7) is 0.225. The van der Waals surface area contributed by atoms with E-state index in [1.807, 2.05) is 30.3 Å². The number of anilines is 1. The third-order valence-electron chi connectivity index (χ3n) is 2.56. The van der Waals surface area contributed by atoms with E-state index in [0.29, 0.717) is 0 Å². The Bertz CT molecular complexity index is 705. The highest BCUT2D eigenvalue weighted by Gasteiger charge is 2.19. The second-order valence-electron chi connectivity index (χ2n) is 4.19. The van der Waals surface area contributed by atoms with E-state index in [-0.39, 0.29) is 22.8 Å². The number of nitrogens with zero attached hydrogens (tertiary/aromatic N) is 3. The summed E-state index contributed by atoms with van der Waals surface area (Å²) in [6.07, 6.45) is 0. The van der Waals surface area contributed by atoms with Crippen molar-refractivity contribution in [2.24, 2.45) is 0 Å². The molecule has 0 saturated heterocycles. The summed E-state index contributed by atoms with van der Waals surface area (Å²) < 4.78 is 27.8. The molecule has 0 saturated carbocycles. The fourth-order valence-electron chi connectivity index (χ4n) is 1.58. The molecular formula is C12H12Cl2N4O2S. The van der Waals surface area contributed by atoms with Crippen LogP contribution in [0.25, 0.3) is 0 Å². The summed E-state index contributed by atoms with van der Waals surface area (Å²) in [7, 11) is -2.31. The molecule has 21 heavy (non-hydrogen) atoms. The molecule has 0 aliphatic carbocycles. The van der Waals surface area contributed by atoms with Crippen LogP contribution in [0.4, 0.5) is 5.82 Å². The molecule has 0 unspecified atom stereocenters. The van der Waals surface area contributed by atoms with E-state index in [4.69, 9.17) is 23.2 Å². The van der Waals surface area contributed by atoms with E-state index in [1.165, 1.54) is 13.1 Å². The Balaban J connectivity index is 2.14. The normalized spacial score (nSPS) is 11.6. The van der Waals surface area contributed by atoms with Gasteiger partial charge in [0.2, 0.25) is 5.28 Å². The average molecular weight is 347 g/mol. The smallest absolute Gasteiger partial charge is 0.254 e. The zero-order valence-corrected chi connectivity index (χ0v) is 13.3. The third kappa shape index (κ3) is 4.53. The van der Waals surface area contributed by atoms with Crippen molar-refractivity contribution in [1.82, 2.24) is 14.3 Å². The molecule has 0 fully saturated rings. The highest BCUT2D eigenvalue weighted by molar-refractivity contribution is 7.90. The maximum Gasteiger partial charge on any atom is 0.302 e. The predicted molar refractivity (Wildman–Crippen MR) is 82.5 cm³/mol. The fraction of sp³-hybridized carbons (Fsp3) is 0.167. The highest BCUT2D eigenvalue weighted by Crippen LogP contribution is 2.17. The van der Waals surface area contributed by atoms with Crippen LogP contribution >= 0.6 is 23.2 Å². The van der Waals surface area contributed by atoms with Crippen molar-refractivity contribution in [1.29, 1.82) is 0 Å². The molecule has 1 aromatic heterocycles. The minimum Gasteiger partial charge on any atom is -0.254 e. The first-order valence-electron chi connectivity index (χ1n) is 5.85. The van der Waals surface area contributed by atoms with Crippen LogP contribution in [-0.2, 0) is 16.8 Å². The first-order chi connectivity index (χ1) is 9.87. The number of nitrogens with one attached hydrogen (secondary N) is 1. The van der Waals surface area contributed by atoms with Gasteiger partial charge in [-0.2, -0.15) is 17.7 Å². The van der Waals surface area contributed by atoms with Gasteiger partial charge in [-0.3, -0.25) is 4.72 Å². The molecule has 0 spiro atoms. The average Bonchev–Trinajstić information content (AvgIpc) is 2.37. The predicted octanol–water partition coefficient (Wildman–Crippen LogP) is 2.57. The van der Waals surface area contributed by atoms with E-state index in [0.717, 1.165) is 9.87 Å². The van der Waals surface area contributed by atoms with Crippen LogP contribution in [0.3, 0.4) is 0 Å². The molecule has 0 aliphatic rings. The molecule has 112 valence electrons. The molecule has 1 aromatic carbocycles. The minimum absolute atomic E-state index is 0.0138. The lowest BCUT2D eigenvalue weighted by molar-refractivity contribution is 0.471. The van der Waals surface area contributed by atoms with Gasteiger partial charge in [0.15, 0.2) is 0 Å². The summed E-state index contributed by atoms with van der Waals surface area (Å²) >= 11 is 11.3. The van der Waals surface area contributed by atoms with Crippen molar-refractivity contribution in [2.45, 2.75) is 6.54 Å². The van der Waals surface area contributed by atoms with Crippen molar-refractivity contribution in [3.8, 4) is 0 Å². The topological polar surface area (TPSA) is 75.2 Å². The standard InChI is InChI=1S/C12H12Cl2N4O2S/c1-18(8-9-5-3-2-4-6-9)21(19,20)17-11-7-10(13)15-12(14)16-11/h2-7H,8H2,1H3,(H,15,16,17). The van der Waals surface area contributed by atoms with Crippen LogP contribution in [-0.4, -0.2) is 29.7 Å². The SMILES string of the molecule is CN(Cc1ccccc1)S(=O)(=O)Nc1cc(Cl)nc(Cl)n1. The number of rotatable bonds is 5. The number of hydrogen-bond donors (Lipinski definition) is 1. The van der Waals surface area contributed by atoms with E-state index in [2.05, 4.69) is 14.7 Å². The fourth-order valence-corrected chi connectivity index (χ4v) is 2.83. The van der Waals surface area contributed by atoms with E-state index >= 15 is 0 Å². The summed E-state index contributed by atoms with van der Waals surface area (Å²) in [5.41, 5.74) is 0.865. The number of benzene rings is 1. The van der Waals surface area contributed by atoms with Crippen molar-refractivity contribution in [3.63, 3.8) is 0 Å². The van der Waals surface area contributed by atoms with Gasteiger partial charge in [-0.05, 0) is 17.2 Å². The molecule has 2 aromatic rings. The second kappa shape index (κ2) is 6.57. The zero-order valence-electron chi connectivity index (χ0n) is 11.0. The summed E-state index contributed by atoms with van der Waals surface area (Å²) in [5.74, 6) is 0.0138. The van der Waals surface area contributed by atoms with Gasteiger partial charge in [0, 0.05) is 19.7 Å². The minimum atomic E-state index is -3.77. The molecule has 0 bridgehead atoms. The summed E-state index contributed by atoms with van der Waals surface area (Å²) in [4.78, 5) is 7.41. The molecule has 0 radical (unpaired) electrons. The molecule has 1 heterocycles. The van der Waals surface area contributed by atoms with Gasteiger partial charge in [0.05, 0.1) is 0 Å². The Morgan fingerprint density at radius 3 is 2.48 bits per heavy atom. The first-order valence-corrected chi connectivity index (χ1v) is 8.04. The van der Waals surface area contributed by atoms with Crippen LogP contribution in [0.15, 0.2) is 36.4 Å². The maximum atomic E-state index is 12.2. The Labute approximate surface area is 132 Å². The Morgan fingerprint density at radius 2 is 1.86 bits per heavy atom. The lowest BCUT2D eigenvalue weighted by Crippen LogP contribution is -2.32. The largest absolute Gasteiger partial charge is 0.302 e. The van der Waals surface area contributed by atoms with Crippen molar-refractivity contribution in [3.05, 3.63) is 52.4 Å². The third-order valence-corrected chi connectivity index (χ3v) is 4.34. The summed E-state index contributed by atoms with van der Waals surface area (Å²) in [6, 6.07) is 10.5. The molecule has 0 amide bonds. The van der Waals surface area contributed by atoms with Crippen LogP contribution in [0.1, 0.15) is 5.56 Å². The molecular weight excluding hydrogens is 335 g/mol. The van der Waals surface area contributed by atoms with Gasteiger partial charge in [-0.15, -0.1) is 0 Å². The molecule has 9 heteroatoms. The van der Waals surface area contributed by atoms with Gasteiger partial charge in [0.1, 0.15) is 11.0 Å². The zero-order chi connectivity index (χ0) is 15.5. The quantitative estimate of drug-likeness (QED) is 0.666. The number of hydrogen-bond acceptors (Lipinski definition) is 4. The number of halogens is 2. The Kier molecular flexibility index (Phi) is 5.00. The maximum absolute atomic E-state index is 12.2. The van der Waals surface area contributed by atoms with Crippen LogP contribution in [0.2, 0.25) is 10.4 Å². The molecule has 0 atom stereocenters. The Morgan fingerprint density at radius 1 is 1.19 bits per heavy atom. The lowest BCUT2D eigenvalue weighted by Gasteiger charge is -2.18. The molecule has 2 rings (SSSR count). The highest BCUT2D eigenvalue weighted by atomic mass is 35.5. The van der Waals surface area contributed by atoms with Crippen molar-refractivity contribution in [2.75, 3.05) is 11.8 Å². The van der Waals surface area contributed by atoms with Gasteiger partial charge in [0.25, 0.3) is 0 Å². The molecule has 1 N–H and O–H groups in total. The molecule has 0 aliphatic heterocycles. The van der Waals surface area contributed by atoms with Gasteiger partial charge in [-0.25, -0.2) is 4.98 Å². The molecule has 6 nitrogen and oxygen atoms in total. The van der Waals surface area contributed by atoms with Gasteiger partial charge < -0.3 is 0 Å². The van der Waals surface area contributed by atoms with Crippen molar-refractivity contribution < 1.29 is 8.42 Å². The van der Waals surface area contributed by atoms with Crippen LogP contribution < -0.4 is 4.72 Å². The summed E-state index contributed by atoms with van der Waals surface area (Å²) in [5, 5.41) is -0.0793. The van der Waals surface area contributed by atoms with Crippen LogP contribution in [0, 0.1) is 0 Å². The van der Waals surface area contributed by atoms with E-state index < -0.39 is 10.2 Å². The Hall–Kier alpha value is -1.41. The van der Waals surface area contributed by atoms with Crippen LogP contribution in [0.5, 0.6) is 0 Å². The van der Waals surface area contributed by atoms with Crippen molar-refractivity contribution >= 4 is 39.2 Å². The monoisotopic (exact) mass is 346 g/mol. The van der Waals surface area contributed by atoms with Gasteiger partial charge >= 0.3 is 10.2 Å².